The maximum Gasteiger partial charge on any atom is 0.329 e. The van der Waals surface area contributed by atoms with Crippen LogP contribution in [0, 0.1) is 5.92 Å². The van der Waals surface area contributed by atoms with Gasteiger partial charge in [-0.1, -0.05) is 13.3 Å². The number of urea groups is 1. The van der Waals surface area contributed by atoms with Crippen molar-refractivity contribution in [2.75, 3.05) is 0 Å². The van der Waals surface area contributed by atoms with Crippen molar-refractivity contribution in [1.29, 1.82) is 0 Å². The van der Waals surface area contributed by atoms with Crippen LogP contribution in [0.5, 0.6) is 0 Å². The number of rotatable bonds is 5. The van der Waals surface area contributed by atoms with Gasteiger partial charge >= 0.3 is 12.0 Å². The summed E-state index contributed by atoms with van der Waals surface area (Å²) >= 11 is 0. The molecule has 8 heteroatoms. The number of carbonyl (C=O) groups excluding carboxylic acids is 1. The number of aliphatic carboxylic acids is 1. The summed E-state index contributed by atoms with van der Waals surface area (Å²) in [6, 6.07) is -0.497. The predicted octanol–water partition coefficient (Wildman–Crippen LogP) is 1.03. The number of nitrogens with one attached hydrogen (secondary N) is 3. The Morgan fingerprint density at radius 2 is 2.19 bits per heavy atom. The highest BCUT2D eigenvalue weighted by Gasteiger charge is 2.42. The van der Waals surface area contributed by atoms with Crippen LogP contribution in [-0.2, 0) is 11.3 Å². The number of amides is 2. The van der Waals surface area contributed by atoms with Gasteiger partial charge in [-0.05, 0) is 31.6 Å². The Bertz CT molecular complexity index is 480. The highest BCUT2D eigenvalue weighted by molar-refractivity contribution is 5.86. The second-order valence-corrected chi connectivity index (χ2v) is 5.48. The maximum absolute atomic E-state index is 11.9. The first kappa shape index (κ1) is 15.3. The Kier molecular flexibility index (Phi) is 4.77. The zero-order valence-corrected chi connectivity index (χ0v) is 12.1. The molecule has 2 rings (SSSR count). The van der Waals surface area contributed by atoms with Crippen LogP contribution >= 0.6 is 0 Å². The van der Waals surface area contributed by atoms with Gasteiger partial charge in [-0.25, -0.2) is 14.6 Å². The van der Waals surface area contributed by atoms with Crippen molar-refractivity contribution in [1.82, 2.24) is 25.8 Å². The molecule has 8 nitrogen and oxygen atoms in total. The number of hydrogen-bond acceptors (Lipinski definition) is 4. The van der Waals surface area contributed by atoms with Crippen LogP contribution in [-0.4, -0.2) is 37.8 Å². The van der Waals surface area contributed by atoms with Crippen LogP contribution in [0.1, 0.15) is 44.9 Å². The lowest BCUT2D eigenvalue weighted by Gasteiger charge is -2.37. The van der Waals surface area contributed by atoms with Crippen LogP contribution < -0.4 is 10.6 Å². The lowest BCUT2D eigenvalue weighted by atomic mass is 9.75. The number of aromatic amines is 1. The average molecular weight is 295 g/mol. The molecule has 1 heterocycles. The standard InChI is InChI=1S/C13H21N5O3/c1-2-9-3-5-13(6-4-9,11(19)20)17-12(21)14-7-10-15-8-16-18-10/h8-9H,2-7H2,1H3,(H,19,20)(H2,14,17,21)(H,15,16,18). The number of hydrogen-bond donors (Lipinski definition) is 4. The van der Waals surface area contributed by atoms with Gasteiger partial charge < -0.3 is 15.7 Å². The van der Waals surface area contributed by atoms with Gasteiger partial charge in [0.15, 0.2) is 0 Å². The van der Waals surface area contributed by atoms with Crippen molar-refractivity contribution in [2.45, 2.75) is 51.1 Å². The summed E-state index contributed by atoms with van der Waals surface area (Å²) in [6.07, 6.45) is 4.98. The van der Waals surface area contributed by atoms with Crippen molar-refractivity contribution < 1.29 is 14.7 Å². The average Bonchev–Trinajstić information content (AvgIpc) is 2.99. The Balaban J connectivity index is 1.90. The Labute approximate surface area is 122 Å². The van der Waals surface area contributed by atoms with Gasteiger partial charge in [-0.15, -0.1) is 0 Å². The smallest absolute Gasteiger partial charge is 0.329 e. The van der Waals surface area contributed by atoms with Gasteiger partial charge in [0, 0.05) is 0 Å². The molecular weight excluding hydrogens is 274 g/mol. The van der Waals surface area contributed by atoms with Gasteiger partial charge in [0.25, 0.3) is 0 Å². The van der Waals surface area contributed by atoms with Gasteiger partial charge in [0.05, 0.1) is 6.54 Å². The van der Waals surface area contributed by atoms with Gasteiger partial charge in [-0.2, -0.15) is 5.10 Å². The summed E-state index contributed by atoms with van der Waals surface area (Å²) in [7, 11) is 0. The minimum absolute atomic E-state index is 0.180. The molecule has 1 aromatic rings. The van der Waals surface area contributed by atoms with Crippen molar-refractivity contribution in [2.24, 2.45) is 5.92 Å². The van der Waals surface area contributed by atoms with E-state index < -0.39 is 17.5 Å². The largest absolute Gasteiger partial charge is 0.480 e. The summed E-state index contributed by atoms with van der Waals surface area (Å²) in [4.78, 5) is 27.4. The van der Waals surface area contributed by atoms with E-state index in [1.807, 2.05) is 0 Å². The maximum atomic E-state index is 11.9. The third kappa shape index (κ3) is 3.71. The molecule has 1 aliphatic carbocycles. The van der Waals surface area contributed by atoms with E-state index in [-0.39, 0.29) is 6.54 Å². The zero-order chi connectivity index (χ0) is 15.3. The summed E-state index contributed by atoms with van der Waals surface area (Å²) in [5, 5.41) is 21.0. The molecule has 0 spiro atoms. The molecule has 0 unspecified atom stereocenters. The molecule has 1 saturated carbocycles. The molecule has 0 aliphatic heterocycles. The number of carboxylic acid groups (broad SMARTS) is 1. The van der Waals surface area contributed by atoms with E-state index in [2.05, 4.69) is 32.7 Å². The SMILES string of the molecule is CCC1CCC(NC(=O)NCc2ncn[nH]2)(C(=O)O)CC1. The molecule has 0 bridgehead atoms. The van der Waals surface area contributed by atoms with Crippen LogP contribution in [0.25, 0.3) is 0 Å². The van der Waals surface area contributed by atoms with Gasteiger partial charge in [0.1, 0.15) is 17.7 Å². The molecule has 2 amide bonds. The summed E-state index contributed by atoms with van der Waals surface area (Å²) in [5.74, 6) is 0.104. The molecule has 116 valence electrons. The van der Waals surface area contributed by atoms with E-state index in [9.17, 15) is 14.7 Å². The van der Waals surface area contributed by atoms with Crippen LogP contribution in [0.2, 0.25) is 0 Å². The normalized spacial score (nSPS) is 25.3. The van der Waals surface area contributed by atoms with Crippen LogP contribution in [0.4, 0.5) is 4.79 Å². The third-order valence-electron chi connectivity index (χ3n) is 4.18. The van der Waals surface area contributed by atoms with Crippen LogP contribution in [0.15, 0.2) is 6.33 Å². The van der Waals surface area contributed by atoms with Crippen molar-refractivity contribution in [3.63, 3.8) is 0 Å². The minimum Gasteiger partial charge on any atom is -0.480 e. The fraction of sp³-hybridized carbons (Fsp3) is 0.692. The zero-order valence-electron chi connectivity index (χ0n) is 12.1. The van der Waals surface area contributed by atoms with Crippen molar-refractivity contribution >= 4 is 12.0 Å². The Morgan fingerprint density at radius 1 is 1.48 bits per heavy atom. The predicted molar refractivity (Wildman–Crippen MR) is 74.4 cm³/mol. The first-order chi connectivity index (χ1) is 10.1. The molecule has 0 atom stereocenters. The fourth-order valence-corrected chi connectivity index (χ4v) is 2.71. The van der Waals surface area contributed by atoms with E-state index in [4.69, 9.17) is 0 Å². The van der Waals surface area contributed by atoms with Gasteiger partial charge in [0.2, 0.25) is 0 Å². The molecule has 21 heavy (non-hydrogen) atoms. The Morgan fingerprint density at radius 3 is 2.71 bits per heavy atom. The first-order valence-corrected chi connectivity index (χ1v) is 7.19. The molecule has 1 fully saturated rings. The third-order valence-corrected chi connectivity index (χ3v) is 4.18. The highest BCUT2D eigenvalue weighted by Crippen LogP contribution is 2.33. The number of nitrogens with zero attached hydrogens (tertiary/aromatic N) is 2. The summed E-state index contributed by atoms with van der Waals surface area (Å²) in [5.41, 5.74) is -1.16. The molecule has 4 N–H and O–H groups in total. The second-order valence-electron chi connectivity index (χ2n) is 5.48. The quantitative estimate of drug-likeness (QED) is 0.646. The monoisotopic (exact) mass is 295 g/mol. The lowest BCUT2D eigenvalue weighted by molar-refractivity contribution is -0.146. The first-order valence-electron chi connectivity index (χ1n) is 7.19. The van der Waals surface area contributed by atoms with E-state index >= 15 is 0 Å². The second kappa shape index (κ2) is 6.55. The topological polar surface area (TPSA) is 120 Å². The van der Waals surface area contributed by atoms with E-state index in [0.717, 1.165) is 19.3 Å². The molecule has 1 aliphatic rings. The number of carboxylic acids is 1. The number of aromatic nitrogens is 3. The Hall–Kier alpha value is -2.12. The highest BCUT2D eigenvalue weighted by atomic mass is 16.4. The molecule has 0 aromatic carbocycles. The number of H-pyrrole nitrogens is 1. The van der Waals surface area contributed by atoms with E-state index in [1.54, 1.807) is 0 Å². The molecule has 0 saturated heterocycles. The summed E-state index contributed by atoms with van der Waals surface area (Å²) < 4.78 is 0. The molecular formula is C13H21N5O3. The van der Waals surface area contributed by atoms with Crippen LogP contribution in [0.3, 0.4) is 0 Å². The van der Waals surface area contributed by atoms with Gasteiger partial charge in [-0.3, -0.25) is 5.10 Å². The van der Waals surface area contributed by atoms with E-state index in [0.29, 0.717) is 24.6 Å². The summed E-state index contributed by atoms with van der Waals surface area (Å²) in [6.45, 7) is 2.29. The number of carbonyl (C=O) groups is 2. The van der Waals surface area contributed by atoms with Crippen molar-refractivity contribution in [3.8, 4) is 0 Å². The van der Waals surface area contributed by atoms with E-state index in [1.165, 1.54) is 6.33 Å². The minimum atomic E-state index is -1.16. The molecule has 0 radical (unpaired) electrons. The fourth-order valence-electron chi connectivity index (χ4n) is 2.71. The lowest BCUT2D eigenvalue weighted by Crippen LogP contribution is -2.58. The van der Waals surface area contributed by atoms with Crippen molar-refractivity contribution in [3.05, 3.63) is 12.2 Å². The molecule has 1 aromatic heterocycles.